The summed E-state index contributed by atoms with van der Waals surface area (Å²) in [6.45, 7) is 8.97. The van der Waals surface area contributed by atoms with Crippen molar-refractivity contribution in [2.24, 2.45) is 0 Å². The highest BCUT2D eigenvalue weighted by Crippen LogP contribution is 2.26. The van der Waals surface area contributed by atoms with Gasteiger partial charge in [-0.2, -0.15) is 0 Å². The SMILES string of the molecule is COc1ccc(C)cc1CN1CC(CCl)OC(C)(C)C1. The summed E-state index contributed by atoms with van der Waals surface area (Å²) in [5, 5.41) is 0. The van der Waals surface area contributed by atoms with Gasteiger partial charge in [-0.3, -0.25) is 4.90 Å². The molecule has 1 saturated heterocycles. The second kappa shape index (κ2) is 6.33. The highest BCUT2D eigenvalue weighted by atomic mass is 35.5. The molecule has 1 fully saturated rings. The lowest BCUT2D eigenvalue weighted by Crippen LogP contribution is -2.52. The van der Waals surface area contributed by atoms with E-state index in [1.54, 1.807) is 7.11 Å². The number of methoxy groups -OCH3 is 1. The predicted octanol–water partition coefficient (Wildman–Crippen LogP) is 3.22. The Morgan fingerprint density at radius 3 is 2.85 bits per heavy atom. The Hall–Kier alpha value is -0.770. The number of aryl methyl sites for hydroxylation is 1. The van der Waals surface area contributed by atoms with Gasteiger partial charge in [-0.15, -0.1) is 11.6 Å². The number of benzene rings is 1. The zero-order valence-electron chi connectivity index (χ0n) is 12.8. The van der Waals surface area contributed by atoms with E-state index >= 15 is 0 Å². The summed E-state index contributed by atoms with van der Waals surface area (Å²) >= 11 is 5.98. The largest absolute Gasteiger partial charge is 0.496 e. The molecule has 0 N–H and O–H groups in total. The second-order valence-corrected chi connectivity index (χ2v) is 6.45. The summed E-state index contributed by atoms with van der Waals surface area (Å²) in [6, 6.07) is 6.30. The van der Waals surface area contributed by atoms with Gasteiger partial charge < -0.3 is 9.47 Å². The van der Waals surface area contributed by atoms with Crippen molar-refractivity contribution in [3.8, 4) is 5.75 Å². The molecule has 3 nitrogen and oxygen atoms in total. The molecule has 0 spiro atoms. The molecule has 0 aliphatic carbocycles. The van der Waals surface area contributed by atoms with Crippen LogP contribution in [0.1, 0.15) is 25.0 Å². The molecule has 1 aromatic carbocycles. The molecule has 2 rings (SSSR count). The van der Waals surface area contributed by atoms with Gasteiger partial charge in [0, 0.05) is 31.1 Å². The maximum Gasteiger partial charge on any atom is 0.123 e. The molecule has 1 unspecified atom stereocenters. The topological polar surface area (TPSA) is 21.7 Å². The molecule has 20 heavy (non-hydrogen) atoms. The summed E-state index contributed by atoms with van der Waals surface area (Å²) in [5.74, 6) is 1.48. The molecule has 1 heterocycles. The summed E-state index contributed by atoms with van der Waals surface area (Å²) in [7, 11) is 1.72. The fraction of sp³-hybridized carbons (Fsp3) is 0.625. The van der Waals surface area contributed by atoms with E-state index < -0.39 is 0 Å². The lowest BCUT2D eigenvalue weighted by molar-refractivity contribution is -0.129. The maximum absolute atomic E-state index is 5.98. The van der Waals surface area contributed by atoms with Gasteiger partial charge in [0.2, 0.25) is 0 Å². The van der Waals surface area contributed by atoms with Gasteiger partial charge in [0.05, 0.1) is 18.8 Å². The number of alkyl halides is 1. The Morgan fingerprint density at radius 2 is 2.20 bits per heavy atom. The van der Waals surface area contributed by atoms with E-state index in [0.29, 0.717) is 5.88 Å². The second-order valence-electron chi connectivity index (χ2n) is 6.14. The van der Waals surface area contributed by atoms with Crippen LogP contribution in [0.4, 0.5) is 0 Å². The third-order valence-electron chi connectivity index (χ3n) is 3.55. The van der Waals surface area contributed by atoms with Gasteiger partial charge in [-0.1, -0.05) is 17.7 Å². The number of morpholine rings is 1. The van der Waals surface area contributed by atoms with E-state index in [4.69, 9.17) is 21.1 Å². The minimum atomic E-state index is -0.158. The van der Waals surface area contributed by atoms with Crippen LogP contribution >= 0.6 is 11.6 Å². The maximum atomic E-state index is 5.98. The number of hydrogen-bond donors (Lipinski definition) is 0. The highest BCUT2D eigenvalue weighted by molar-refractivity contribution is 6.18. The molecule has 112 valence electrons. The van der Waals surface area contributed by atoms with Crippen LogP contribution in [0, 0.1) is 6.92 Å². The Bertz CT molecular complexity index is 462. The number of hydrogen-bond acceptors (Lipinski definition) is 3. The Kier molecular flexibility index (Phi) is 4.95. The van der Waals surface area contributed by atoms with Crippen LogP contribution in [-0.2, 0) is 11.3 Å². The standard InChI is InChI=1S/C16H24ClNO2/c1-12-5-6-15(19-4)13(7-12)9-18-10-14(8-17)20-16(2,3)11-18/h5-7,14H,8-11H2,1-4H3. The van der Waals surface area contributed by atoms with Gasteiger partial charge in [0.15, 0.2) is 0 Å². The first-order chi connectivity index (χ1) is 9.43. The zero-order valence-corrected chi connectivity index (χ0v) is 13.5. The molecule has 1 aliphatic rings. The van der Waals surface area contributed by atoms with E-state index in [0.717, 1.165) is 25.4 Å². The molecule has 0 saturated carbocycles. The van der Waals surface area contributed by atoms with Gasteiger partial charge in [0.1, 0.15) is 5.75 Å². The molecule has 1 atom stereocenters. The van der Waals surface area contributed by atoms with Gasteiger partial charge in [-0.05, 0) is 26.8 Å². The van der Waals surface area contributed by atoms with Crippen LogP contribution in [-0.4, -0.2) is 42.7 Å². The van der Waals surface area contributed by atoms with Crippen LogP contribution in [0.2, 0.25) is 0 Å². The van der Waals surface area contributed by atoms with Crippen molar-refractivity contribution < 1.29 is 9.47 Å². The van der Waals surface area contributed by atoms with Crippen LogP contribution in [0.5, 0.6) is 5.75 Å². The Morgan fingerprint density at radius 1 is 1.45 bits per heavy atom. The van der Waals surface area contributed by atoms with E-state index in [-0.39, 0.29) is 11.7 Å². The number of halogens is 1. The smallest absolute Gasteiger partial charge is 0.123 e. The highest BCUT2D eigenvalue weighted by Gasteiger charge is 2.33. The quantitative estimate of drug-likeness (QED) is 0.797. The van der Waals surface area contributed by atoms with Crippen LogP contribution in [0.25, 0.3) is 0 Å². The number of ether oxygens (including phenoxy) is 2. The first-order valence-corrected chi connectivity index (χ1v) is 7.56. The molecule has 0 radical (unpaired) electrons. The monoisotopic (exact) mass is 297 g/mol. The Labute approximate surface area is 126 Å². The molecular weight excluding hydrogens is 274 g/mol. The normalized spacial score (nSPS) is 22.8. The van der Waals surface area contributed by atoms with E-state index in [9.17, 15) is 0 Å². The van der Waals surface area contributed by atoms with E-state index in [1.165, 1.54) is 11.1 Å². The summed E-state index contributed by atoms with van der Waals surface area (Å²) in [6.07, 6.45) is 0.0937. The molecule has 1 aliphatic heterocycles. The van der Waals surface area contributed by atoms with Crippen molar-refractivity contribution in [3.63, 3.8) is 0 Å². The van der Waals surface area contributed by atoms with Crippen LogP contribution in [0.15, 0.2) is 18.2 Å². The van der Waals surface area contributed by atoms with Crippen molar-refractivity contribution in [1.82, 2.24) is 4.90 Å². The first kappa shape index (κ1) is 15.6. The molecule has 0 aromatic heterocycles. The summed E-state index contributed by atoms with van der Waals surface area (Å²) < 4.78 is 11.4. The van der Waals surface area contributed by atoms with E-state index in [1.807, 2.05) is 6.07 Å². The fourth-order valence-corrected chi connectivity index (χ4v) is 3.05. The lowest BCUT2D eigenvalue weighted by Gasteiger charge is -2.42. The van der Waals surface area contributed by atoms with Crippen molar-refractivity contribution >= 4 is 11.6 Å². The number of rotatable bonds is 4. The average Bonchev–Trinajstić information content (AvgIpc) is 2.37. The fourth-order valence-electron chi connectivity index (χ4n) is 2.89. The van der Waals surface area contributed by atoms with Crippen molar-refractivity contribution in [1.29, 1.82) is 0 Å². The van der Waals surface area contributed by atoms with E-state index in [2.05, 4.69) is 37.8 Å². The molecular formula is C16H24ClNO2. The van der Waals surface area contributed by atoms with Crippen molar-refractivity contribution in [2.45, 2.75) is 39.0 Å². The zero-order chi connectivity index (χ0) is 14.8. The van der Waals surface area contributed by atoms with Gasteiger partial charge in [-0.25, -0.2) is 0 Å². The molecule has 0 amide bonds. The summed E-state index contributed by atoms with van der Waals surface area (Å²) in [5.41, 5.74) is 2.32. The third kappa shape index (κ3) is 3.87. The number of nitrogens with zero attached hydrogens (tertiary/aromatic N) is 1. The van der Waals surface area contributed by atoms with Gasteiger partial charge >= 0.3 is 0 Å². The Balaban J connectivity index is 2.14. The molecule has 0 bridgehead atoms. The van der Waals surface area contributed by atoms with Crippen molar-refractivity contribution in [2.75, 3.05) is 26.1 Å². The molecule has 1 aromatic rings. The predicted molar refractivity (Wildman–Crippen MR) is 82.7 cm³/mol. The minimum absolute atomic E-state index is 0.0937. The lowest BCUT2D eigenvalue weighted by atomic mass is 10.0. The first-order valence-electron chi connectivity index (χ1n) is 7.03. The summed E-state index contributed by atoms with van der Waals surface area (Å²) in [4.78, 5) is 2.40. The van der Waals surface area contributed by atoms with Crippen LogP contribution in [0.3, 0.4) is 0 Å². The van der Waals surface area contributed by atoms with Crippen molar-refractivity contribution in [3.05, 3.63) is 29.3 Å². The third-order valence-corrected chi connectivity index (χ3v) is 3.90. The molecule has 4 heteroatoms. The van der Waals surface area contributed by atoms with Gasteiger partial charge in [0.25, 0.3) is 0 Å². The average molecular weight is 298 g/mol. The van der Waals surface area contributed by atoms with Crippen LogP contribution < -0.4 is 4.74 Å². The minimum Gasteiger partial charge on any atom is -0.496 e.